The van der Waals surface area contributed by atoms with E-state index < -0.39 is 0 Å². The Morgan fingerprint density at radius 2 is 2.00 bits per heavy atom. The van der Waals surface area contributed by atoms with E-state index in [-0.39, 0.29) is 0 Å². The van der Waals surface area contributed by atoms with Gasteiger partial charge < -0.3 is 5.11 Å². The Balaban J connectivity index is 2.57. The van der Waals surface area contributed by atoms with Gasteiger partial charge in [-0.25, -0.2) is 0 Å². The molecule has 0 saturated heterocycles. The van der Waals surface area contributed by atoms with Crippen molar-refractivity contribution in [2.75, 3.05) is 0 Å². The van der Waals surface area contributed by atoms with Crippen LogP contribution in [0.1, 0.15) is 57.4 Å². The van der Waals surface area contributed by atoms with Gasteiger partial charge in [0.1, 0.15) is 5.75 Å². The number of unbranched alkanes of at least 4 members (excludes halogenated alkanes) is 2. The summed E-state index contributed by atoms with van der Waals surface area (Å²) >= 11 is 0. The van der Waals surface area contributed by atoms with E-state index in [1.807, 2.05) is 12.1 Å². The highest BCUT2D eigenvalue weighted by Crippen LogP contribution is 2.27. The Morgan fingerprint density at radius 3 is 2.60 bits per heavy atom. The van der Waals surface area contributed by atoms with E-state index in [2.05, 4.69) is 19.9 Å². The van der Waals surface area contributed by atoms with Crippen LogP contribution in [0.2, 0.25) is 0 Å². The van der Waals surface area contributed by atoms with Crippen LogP contribution in [-0.4, -0.2) is 5.11 Å². The summed E-state index contributed by atoms with van der Waals surface area (Å²) in [6.07, 6.45) is 6.29. The molecule has 0 aliphatic heterocycles. The lowest BCUT2D eigenvalue weighted by Gasteiger charge is -2.15. The predicted octanol–water partition coefficient (Wildman–Crippen LogP) is 4.47. The highest BCUT2D eigenvalue weighted by atomic mass is 16.3. The fourth-order valence-corrected chi connectivity index (χ4v) is 2.03. The fraction of sp³-hybridized carbons (Fsp3) is 0.571. The molecule has 1 unspecified atom stereocenters. The number of hydrogen-bond acceptors (Lipinski definition) is 1. The minimum atomic E-state index is 0.390. The van der Waals surface area contributed by atoms with Crippen LogP contribution in [0.25, 0.3) is 0 Å². The van der Waals surface area contributed by atoms with Crippen molar-refractivity contribution in [2.24, 2.45) is 0 Å². The van der Waals surface area contributed by atoms with Crippen molar-refractivity contribution in [3.63, 3.8) is 0 Å². The molecule has 0 aromatic heterocycles. The molecular formula is C14H22O. The third-order valence-electron chi connectivity index (χ3n) is 2.99. The summed E-state index contributed by atoms with van der Waals surface area (Å²) in [6.45, 7) is 4.45. The number of hydrogen-bond donors (Lipinski definition) is 1. The molecule has 0 spiro atoms. The first-order chi connectivity index (χ1) is 7.27. The van der Waals surface area contributed by atoms with Crippen molar-refractivity contribution in [1.29, 1.82) is 0 Å². The molecule has 0 radical (unpaired) electrons. The molecule has 0 saturated carbocycles. The van der Waals surface area contributed by atoms with Gasteiger partial charge in [0, 0.05) is 0 Å². The second kappa shape index (κ2) is 6.49. The van der Waals surface area contributed by atoms with Gasteiger partial charge in [0.2, 0.25) is 0 Å². The van der Waals surface area contributed by atoms with Gasteiger partial charge in [0.05, 0.1) is 0 Å². The maximum Gasteiger partial charge on any atom is 0.115 e. The number of phenols is 1. The van der Waals surface area contributed by atoms with E-state index in [1.165, 1.54) is 31.2 Å². The minimum absolute atomic E-state index is 0.390. The normalized spacial score (nSPS) is 12.7. The van der Waals surface area contributed by atoms with E-state index in [0.717, 1.165) is 6.42 Å². The van der Waals surface area contributed by atoms with E-state index in [1.54, 1.807) is 6.07 Å². The zero-order valence-electron chi connectivity index (χ0n) is 9.87. The standard InChI is InChI=1S/C14H22O/c1-3-5-6-8-12(4-2)13-9-7-10-14(15)11-13/h7,9-12,15H,3-6,8H2,1-2H3. The molecule has 15 heavy (non-hydrogen) atoms. The Morgan fingerprint density at radius 1 is 1.20 bits per heavy atom. The molecule has 1 heteroatoms. The topological polar surface area (TPSA) is 20.2 Å². The third-order valence-corrected chi connectivity index (χ3v) is 2.99. The molecule has 1 aromatic carbocycles. The van der Waals surface area contributed by atoms with E-state index >= 15 is 0 Å². The molecule has 0 aliphatic rings. The van der Waals surface area contributed by atoms with Crippen molar-refractivity contribution in [3.8, 4) is 5.75 Å². The average Bonchev–Trinajstić information content (AvgIpc) is 2.24. The maximum atomic E-state index is 9.43. The summed E-state index contributed by atoms with van der Waals surface area (Å²) in [6, 6.07) is 7.70. The van der Waals surface area contributed by atoms with Gasteiger partial charge in [-0.2, -0.15) is 0 Å². The highest BCUT2D eigenvalue weighted by molar-refractivity contribution is 5.29. The van der Waals surface area contributed by atoms with Crippen LogP contribution in [0, 0.1) is 0 Å². The third kappa shape index (κ3) is 3.94. The van der Waals surface area contributed by atoms with Crippen LogP contribution >= 0.6 is 0 Å². The smallest absolute Gasteiger partial charge is 0.115 e. The van der Waals surface area contributed by atoms with Gasteiger partial charge in [0.25, 0.3) is 0 Å². The molecule has 0 aliphatic carbocycles. The fourth-order valence-electron chi connectivity index (χ4n) is 2.03. The Hall–Kier alpha value is -0.980. The lowest BCUT2D eigenvalue weighted by Crippen LogP contribution is -1.97. The molecule has 0 fully saturated rings. The Kier molecular flexibility index (Phi) is 5.23. The number of aromatic hydroxyl groups is 1. The Labute approximate surface area is 93.1 Å². The van der Waals surface area contributed by atoms with Crippen molar-refractivity contribution >= 4 is 0 Å². The quantitative estimate of drug-likeness (QED) is 0.681. The lowest BCUT2D eigenvalue weighted by molar-refractivity contribution is 0.472. The molecule has 1 nitrogen and oxygen atoms in total. The maximum absolute atomic E-state index is 9.43. The van der Waals surface area contributed by atoms with Crippen LogP contribution in [-0.2, 0) is 0 Å². The summed E-state index contributed by atoms with van der Waals surface area (Å²) in [5.74, 6) is 1.00. The number of rotatable bonds is 6. The SMILES string of the molecule is CCCCCC(CC)c1cccc(O)c1. The first-order valence-electron chi connectivity index (χ1n) is 6.06. The summed E-state index contributed by atoms with van der Waals surface area (Å²) in [5.41, 5.74) is 1.29. The summed E-state index contributed by atoms with van der Waals surface area (Å²) in [5, 5.41) is 9.43. The van der Waals surface area contributed by atoms with E-state index in [4.69, 9.17) is 0 Å². The molecular weight excluding hydrogens is 184 g/mol. The molecule has 0 heterocycles. The second-order valence-electron chi connectivity index (χ2n) is 4.20. The molecule has 1 N–H and O–H groups in total. The molecule has 1 rings (SSSR count). The molecule has 84 valence electrons. The van der Waals surface area contributed by atoms with Crippen molar-refractivity contribution in [2.45, 2.75) is 51.9 Å². The molecule has 1 atom stereocenters. The number of benzene rings is 1. The highest BCUT2D eigenvalue weighted by Gasteiger charge is 2.08. The average molecular weight is 206 g/mol. The zero-order chi connectivity index (χ0) is 11.1. The second-order valence-corrected chi connectivity index (χ2v) is 4.20. The minimum Gasteiger partial charge on any atom is -0.508 e. The van der Waals surface area contributed by atoms with Crippen LogP contribution in [0.3, 0.4) is 0 Å². The van der Waals surface area contributed by atoms with Crippen LogP contribution < -0.4 is 0 Å². The van der Waals surface area contributed by atoms with Crippen molar-refractivity contribution < 1.29 is 5.11 Å². The van der Waals surface area contributed by atoms with Crippen molar-refractivity contribution in [1.82, 2.24) is 0 Å². The predicted molar refractivity (Wildman–Crippen MR) is 65.3 cm³/mol. The van der Waals surface area contributed by atoms with Gasteiger partial charge >= 0.3 is 0 Å². The number of phenolic OH excluding ortho intramolecular Hbond substituents is 1. The molecule has 1 aromatic rings. The largest absolute Gasteiger partial charge is 0.508 e. The van der Waals surface area contributed by atoms with Crippen LogP contribution in [0.4, 0.5) is 0 Å². The van der Waals surface area contributed by atoms with Gasteiger partial charge in [-0.15, -0.1) is 0 Å². The summed E-state index contributed by atoms with van der Waals surface area (Å²) in [4.78, 5) is 0. The van der Waals surface area contributed by atoms with Gasteiger partial charge in [-0.05, 0) is 36.5 Å². The Bertz CT molecular complexity index is 280. The van der Waals surface area contributed by atoms with Crippen molar-refractivity contribution in [3.05, 3.63) is 29.8 Å². The van der Waals surface area contributed by atoms with Crippen LogP contribution in [0.15, 0.2) is 24.3 Å². The summed E-state index contributed by atoms with van der Waals surface area (Å²) < 4.78 is 0. The first kappa shape index (κ1) is 12.1. The van der Waals surface area contributed by atoms with Gasteiger partial charge in [-0.3, -0.25) is 0 Å². The van der Waals surface area contributed by atoms with Gasteiger partial charge in [0.15, 0.2) is 0 Å². The molecule has 0 amide bonds. The van der Waals surface area contributed by atoms with Gasteiger partial charge in [-0.1, -0.05) is 45.2 Å². The van der Waals surface area contributed by atoms with Crippen LogP contribution in [0.5, 0.6) is 5.75 Å². The zero-order valence-corrected chi connectivity index (χ0v) is 9.87. The first-order valence-corrected chi connectivity index (χ1v) is 6.06. The monoisotopic (exact) mass is 206 g/mol. The van der Waals surface area contributed by atoms with E-state index in [0.29, 0.717) is 11.7 Å². The molecule has 0 bridgehead atoms. The summed E-state index contributed by atoms with van der Waals surface area (Å²) in [7, 11) is 0. The van der Waals surface area contributed by atoms with E-state index in [9.17, 15) is 5.11 Å². The lowest BCUT2D eigenvalue weighted by atomic mass is 9.91.